The van der Waals surface area contributed by atoms with Crippen LogP contribution in [-0.2, 0) is 11.3 Å². The van der Waals surface area contributed by atoms with Crippen LogP contribution in [0.15, 0.2) is 60.9 Å². The Kier molecular flexibility index (Phi) is 5.36. The standard InChI is InChI=1S/C24H26N6O/c1-17-7-6-12-30-20(18(2)26-24(17)30)15-29-13-14-31-21(16-29)19-8-5-10-23(27-19)28-22-9-3-4-11-25-22/h3-12,21H,13-16H2,1-2H3,(H,25,27,28). The van der Waals surface area contributed by atoms with Gasteiger partial charge in [0, 0.05) is 32.0 Å². The van der Waals surface area contributed by atoms with E-state index in [2.05, 4.69) is 51.8 Å². The lowest BCUT2D eigenvalue weighted by atomic mass is 10.1. The maximum atomic E-state index is 6.09. The highest BCUT2D eigenvalue weighted by atomic mass is 16.5. The molecule has 0 aliphatic carbocycles. The van der Waals surface area contributed by atoms with E-state index in [4.69, 9.17) is 14.7 Å². The van der Waals surface area contributed by atoms with Gasteiger partial charge in [0.05, 0.1) is 23.7 Å². The van der Waals surface area contributed by atoms with Crippen LogP contribution >= 0.6 is 0 Å². The van der Waals surface area contributed by atoms with Crippen molar-refractivity contribution in [3.05, 3.63) is 83.6 Å². The Morgan fingerprint density at radius 3 is 2.81 bits per heavy atom. The molecule has 0 spiro atoms. The van der Waals surface area contributed by atoms with Gasteiger partial charge in [-0.05, 0) is 49.7 Å². The molecule has 0 radical (unpaired) electrons. The molecule has 0 bridgehead atoms. The number of anilines is 2. The zero-order valence-electron chi connectivity index (χ0n) is 17.8. The first-order chi connectivity index (χ1) is 15.2. The molecule has 1 saturated heterocycles. The third kappa shape index (κ3) is 4.15. The van der Waals surface area contributed by atoms with E-state index in [0.29, 0.717) is 6.61 Å². The summed E-state index contributed by atoms with van der Waals surface area (Å²) >= 11 is 0. The highest BCUT2D eigenvalue weighted by molar-refractivity contribution is 5.51. The number of hydrogen-bond acceptors (Lipinski definition) is 6. The number of pyridine rings is 3. The van der Waals surface area contributed by atoms with Crippen LogP contribution in [0.5, 0.6) is 0 Å². The van der Waals surface area contributed by atoms with Crippen LogP contribution < -0.4 is 5.32 Å². The van der Waals surface area contributed by atoms with Gasteiger partial charge in [0.1, 0.15) is 23.4 Å². The van der Waals surface area contributed by atoms with Crippen LogP contribution in [-0.4, -0.2) is 43.9 Å². The number of fused-ring (bicyclic) bond motifs is 1. The Hall–Kier alpha value is -3.29. The Morgan fingerprint density at radius 1 is 1.03 bits per heavy atom. The molecule has 158 valence electrons. The molecule has 4 aromatic rings. The van der Waals surface area contributed by atoms with Gasteiger partial charge in [-0.1, -0.05) is 18.2 Å². The third-order valence-electron chi connectivity index (χ3n) is 5.69. The third-order valence-corrected chi connectivity index (χ3v) is 5.69. The van der Waals surface area contributed by atoms with Gasteiger partial charge in [0.25, 0.3) is 0 Å². The smallest absolute Gasteiger partial charge is 0.140 e. The van der Waals surface area contributed by atoms with Crippen molar-refractivity contribution in [3.8, 4) is 0 Å². The van der Waals surface area contributed by atoms with E-state index in [9.17, 15) is 0 Å². The van der Waals surface area contributed by atoms with E-state index in [-0.39, 0.29) is 6.10 Å². The van der Waals surface area contributed by atoms with Crippen molar-refractivity contribution in [2.24, 2.45) is 0 Å². The second kappa shape index (κ2) is 8.45. The highest BCUT2D eigenvalue weighted by Gasteiger charge is 2.25. The Bertz CT molecular complexity index is 1190. The van der Waals surface area contributed by atoms with Gasteiger partial charge in [-0.2, -0.15) is 0 Å². The quantitative estimate of drug-likeness (QED) is 0.531. The molecule has 0 saturated carbocycles. The molecule has 0 amide bonds. The Labute approximate surface area is 181 Å². The first-order valence-electron chi connectivity index (χ1n) is 10.6. The topological polar surface area (TPSA) is 67.6 Å². The lowest BCUT2D eigenvalue weighted by Crippen LogP contribution is -2.38. The number of hydrogen-bond donors (Lipinski definition) is 1. The molecule has 1 aliphatic heterocycles. The molecule has 5 rings (SSSR count). The minimum atomic E-state index is -0.0690. The summed E-state index contributed by atoms with van der Waals surface area (Å²) in [5, 5.41) is 3.26. The monoisotopic (exact) mass is 414 g/mol. The summed E-state index contributed by atoms with van der Waals surface area (Å²) in [5.41, 5.74) is 5.47. The lowest BCUT2D eigenvalue weighted by Gasteiger charge is -2.32. The van der Waals surface area contributed by atoms with Crippen molar-refractivity contribution < 1.29 is 4.74 Å². The van der Waals surface area contributed by atoms with E-state index in [1.807, 2.05) is 36.4 Å². The number of nitrogens with zero attached hydrogens (tertiary/aromatic N) is 5. The van der Waals surface area contributed by atoms with Crippen molar-refractivity contribution in [2.45, 2.75) is 26.5 Å². The molecule has 7 nitrogen and oxygen atoms in total. The summed E-state index contributed by atoms with van der Waals surface area (Å²) in [7, 11) is 0. The summed E-state index contributed by atoms with van der Waals surface area (Å²) < 4.78 is 8.30. The van der Waals surface area contributed by atoms with E-state index in [0.717, 1.165) is 48.3 Å². The van der Waals surface area contributed by atoms with Crippen LogP contribution in [0.4, 0.5) is 11.6 Å². The molecular weight excluding hydrogens is 388 g/mol. The van der Waals surface area contributed by atoms with E-state index in [1.54, 1.807) is 6.20 Å². The molecule has 31 heavy (non-hydrogen) atoms. The van der Waals surface area contributed by atoms with E-state index >= 15 is 0 Å². The van der Waals surface area contributed by atoms with Crippen LogP contribution in [0.3, 0.4) is 0 Å². The molecule has 4 aromatic heterocycles. The SMILES string of the molecule is Cc1nc2c(C)cccn2c1CN1CCOC(c2cccc(Nc3ccccn3)n2)C1. The maximum absolute atomic E-state index is 6.09. The minimum absolute atomic E-state index is 0.0690. The number of morpholine rings is 1. The Balaban J connectivity index is 1.33. The van der Waals surface area contributed by atoms with E-state index < -0.39 is 0 Å². The van der Waals surface area contributed by atoms with Crippen LogP contribution in [0.2, 0.25) is 0 Å². The van der Waals surface area contributed by atoms with Gasteiger partial charge >= 0.3 is 0 Å². The summed E-state index contributed by atoms with van der Waals surface area (Å²) in [5.74, 6) is 1.54. The van der Waals surface area contributed by atoms with Gasteiger partial charge in [-0.3, -0.25) is 4.90 Å². The number of rotatable bonds is 5. The molecule has 5 heterocycles. The average Bonchev–Trinajstić information content (AvgIpc) is 3.11. The largest absolute Gasteiger partial charge is 0.369 e. The second-order valence-electron chi connectivity index (χ2n) is 7.91. The van der Waals surface area contributed by atoms with Gasteiger partial charge in [-0.15, -0.1) is 0 Å². The first-order valence-corrected chi connectivity index (χ1v) is 10.6. The number of aryl methyl sites for hydroxylation is 2. The zero-order chi connectivity index (χ0) is 21.2. The van der Waals surface area contributed by atoms with Gasteiger partial charge in [0.15, 0.2) is 0 Å². The van der Waals surface area contributed by atoms with Gasteiger partial charge in [-0.25, -0.2) is 15.0 Å². The average molecular weight is 415 g/mol. The predicted molar refractivity (Wildman–Crippen MR) is 120 cm³/mol. The molecule has 7 heteroatoms. The van der Waals surface area contributed by atoms with E-state index in [1.165, 1.54) is 11.3 Å². The molecular formula is C24H26N6O. The summed E-state index contributed by atoms with van der Waals surface area (Å²) in [6.45, 7) is 7.39. The van der Waals surface area contributed by atoms with Crippen molar-refractivity contribution >= 4 is 17.3 Å². The normalized spacial score (nSPS) is 17.2. The molecule has 1 aliphatic rings. The van der Waals surface area contributed by atoms with Gasteiger partial charge < -0.3 is 14.5 Å². The summed E-state index contributed by atoms with van der Waals surface area (Å²) in [6.07, 6.45) is 3.79. The first kappa shape index (κ1) is 19.7. The number of aromatic nitrogens is 4. The van der Waals surface area contributed by atoms with Crippen molar-refractivity contribution in [2.75, 3.05) is 25.0 Å². The molecule has 1 N–H and O–H groups in total. The summed E-state index contributed by atoms with van der Waals surface area (Å²) in [6, 6.07) is 15.9. The van der Waals surface area contributed by atoms with Crippen LogP contribution in [0, 0.1) is 13.8 Å². The van der Waals surface area contributed by atoms with Crippen molar-refractivity contribution in [3.63, 3.8) is 0 Å². The molecule has 1 fully saturated rings. The molecule has 0 aromatic carbocycles. The molecule has 1 atom stereocenters. The fraction of sp³-hybridized carbons (Fsp3) is 0.292. The zero-order valence-corrected chi connectivity index (χ0v) is 17.8. The van der Waals surface area contributed by atoms with Crippen LogP contribution in [0.1, 0.15) is 28.7 Å². The second-order valence-corrected chi connectivity index (χ2v) is 7.91. The predicted octanol–water partition coefficient (Wildman–Crippen LogP) is 4.06. The highest BCUT2D eigenvalue weighted by Crippen LogP contribution is 2.25. The minimum Gasteiger partial charge on any atom is -0.369 e. The van der Waals surface area contributed by atoms with Crippen LogP contribution in [0.25, 0.3) is 5.65 Å². The van der Waals surface area contributed by atoms with Gasteiger partial charge in [0.2, 0.25) is 0 Å². The number of ether oxygens (including phenoxy) is 1. The maximum Gasteiger partial charge on any atom is 0.140 e. The fourth-order valence-corrected chi connectivity index (χ4v) is 4.06. The number of nitrogens with one attached hydrogen (secondary N) is 1. The Morgan fingerprint density at radius 2 is 1.94 bits per heavy atom. The van der Waals surface area contributed by atoms with Crippen molar-refractivity contribution in [1.82, 2.24) is 24.3 Å². The lowest BCUT2D eigenvalue weighted by molar-refractivity contribution is -0.0354. The van der Waals surface area contributed by atoms with Crippen molar-refractivity contribution in [1.29, 1.82) is 0 Å². The fourth-order valence-electron chi connectivity index (χ4n) is 4.06. The molecule has 1 unspecified atom stereocenters. The summed E-state index contributed by atoms with van der Waals surface area (Å²) in [4.78, 5) is 16.3. The number of imidazole rings is 1.